The normalized spacial score (nSPS) is 9.84. The average molecular weight is 266 g/mol. The van der Waals surface area contributed by atoms with Gasteiger partial charge in [-0.05, 0) is 18.6 Å². The van der Waals surface area contributed by atoms with Gasteiger partial charge in [-0.25, -0.2) is 4.39 Å². The van der Waals surface area contributed by atoms with E-state index in [0.717, 1.165) is 6.42 Å². The van der Waals surface area contributed by atoms with Crippen LogP contribution in [0.25, 0.3) is 0 Å². The van der Waals surface area contributed by atoms with E-state index in [1.165, 1.54) is 6.07 Å². The van der Waals surface area contributed by atoms with Crippen LogP contribution in [-0.4, -0.2) is 31.5 Å². The van der Waals surface area contributed by atoms with E-state index in [2.05, 4.69) is 11.8 Å². The van der Waals surface area contributed by atoms with Crippen molar-refractivity contribution < 1.29 is 19.0 Å². The molecule has 0 amide bonds. The summed E-state index contributed by atoms with van der Waals surface area (Å²) in [5.74, 6) is 5.38. The summed E-state index contributed by atoms with van der Waals surface area (Å²) < 4.78 is 24.3. The van der Waals surface area contributed by atoms with Crippen LogP contribution in [0.1, 0.15) is 25.3 Å². The molecule has 0 heterocycles. The molecule has 0 bridgehead atoms. The molecule has 19 heavy (non-hydrogen) atoms. The van der Waals surface area contributed by atoms with Gasteiger partial charge in [-0.15, -0.1) is 0 Å². The Morgan fingerprint density at radius 2 is 2.11 bits per heavy atom. The topological polar surface area (TPSA) is 38.7 Å². The van der Waals surface area contributed by atoms with Crippen LogP contribution < -0.4 is 4.74 Å². The zero-order valence-corrected chi connectivity index (χ0v) is 11.1. The van der Waals surface area contributed by atoms with Gasteiger partial charge in [0, 0.05) is 19.1 Å². The first-order valence-electron chi connectivity index (χ1n) is 6.37. The van der Waals surface area contributed by atoms with Crippen LogP contribution in [0.2, 0.25) is 0 Å². The molecular weight excluding hydrogens is 247 g/mol. The maximum atomic E-state index is 13.6. The molecule has 1 rings (SSSR count). The molecule has 4 heteroatoms. The standard InChI is InChI=1S/C15H19FO3/c1-2-9-18-10-11-19-14-7-6-13(15(16)12-14)5-3-4-8-17/h6-7,12,17H,2,4,8-11H2,1H3. The molecule has 0 aliphatic heterocycles. The zero-order valence-electron chi connectivity index (χ0n) is 11.1. The van der Waals surface area contributed by atoms with E-state index < -0.39 is 5.82 Å². The third-order valence-electron chi connectivity index (χ3n) is 2.25. The van der Waals surface area contributed by atoms with E-state index in [1.54, 1.807) is 12.1 Å². The van der Waals surface area contributed by atoms with Gasteiger partial charge >= 0.3 is 0 Å². The highest BCUT2D eigenvalue weighted by Gasteiger charge is 2.02. The van der Waals surface area contributed by atoms with Crippen molar-refractivity contribution in [2.75, 3.05) is 26.4 Å². The van der Waals surface area contributed by atoms with Crippen LogP contribution in [0.15, 0.2) is 18.2 Å². The van der Waals surface area contributed by atoms with Gasteiger partial charge in [0.1, 0.15) is 18.2 Å². The van der Waals surface area contributed by atoms with Crippen molar-refractivity contribution in [1.29, 1.82) is 0 Å². The Bertz CT molecular complexity index is 435. The third-order valence-corrected chi connectivity index (χ3v) is 2.25. The summed E-state index contributed by atoms with van der Waals surface area (Å²) in [6, 6.07) is 4.55. The molecule has 1 N–H and O–H groups in total. The van der Waals surface area contributed by atoms with Gasteiger partial charge in [0.15, 0.2) is 0 Å². The summed E-state index contributed by atoms with van der Waals surface area (Å²) in [5.41, 5.74) is 0.308. The number of hydrogen-bond acceptors (Lipinski definition) is 3. The maximum absolute atomic E-state index is 13.6. The Morgan fingerprint density at radius 3 is 2.79 bits per heavy atom. The van der Waals surface area contributed by atoms with Gasteiger partial charge in [0.25, 0.3) is 0 Å². The fraction of sp³-hybridized carbons (Fsp3) is 0.467. The molecule has 0 aromatic heterocycles. The lowest BCUT2D eigenvalue weighted by Gasteiger charge is -2.07. The van der Waals surface area contributed by atoms with Gasteiger partial charge < -0.3 is 14.6 Å². The number of rotatable bonds is 7. The summed E-state index contributed by atoms with van der Waals surface area (Å²) >= 11 is 0. The molecule has 3 nitrogen and oxygen atoms in total. The van der Waals surface area contributed by atoms with Crippen LogP contribution in [0.5, 0.6) is 5.75 Å². The van der Waals surface area contributed by atoms with Crippen molar-refractivity contribution >= 4 is 0 Å². The van der Waals surface area contributed by atoms with E-state index in [0.29, 0.717) is 37.6 Å². The van der Waals surface area contributed by atoms with Crippen molar-refractivity contribution in [3.8, 4) is 17.6 Å². The van der Waals surface area contributed by atoms with Crippen molar-refractivity contribution in [2.24, 2.45) is 0 Å². The van der Waals surface area contributed by atoms with Crippen molar-refractivity contribution in [1.82, 2.24) is 0 Å². The molecule has 1 aromatic rings. The molecule has 0 radical (unpaired) electrons. The van der Waals surface area contributed by atoms with Crippen LogP contribution in [0.3, 0.4) is 0 Å². The van der Waals surface area contributed by atoms with Crippen LogP contribution in [0, 0.1) is 17.7 Å². The summed E-state index contributed by atoms with van der Waals surface area (Å²) in [7, 11) is 0. The molecular formula is C15H19FO3. The molecule has 0 aliphatic rings. The molecule has 0 saturated heterocycles. The van der Waals surface area contributed by atoms with Crippen LogP contribution >= 0.6 is 0 Å². The Hall–Kier alpha value is -1.57. The number of halogens is 1. The predicted molar refractivity (Wildman–Crippen MR) is 71.6 cm³/mol. The van der Waals surface area contributed by atoms with E-state index in [4.69, 9.17) is 14.6 Å². The fourth-order valence-corrected chi connectivity index (χ4v) is 1.37. The number of ether oxygens (including phenoxy) is 2. The second kappa shape index (κ2) is 9.37. The molecule has 1 aromatic carbocycles. The van der Waals surface area contributed by atoms with Crippen molar-refractivity contribution in [3.05, 3.63) is 29.6 Å². The first-order chi connectivity index (χ1) is 9.27. The highest BCUT2D eigenvalue weighted by Crippen LogP contribution is 2.16. The number of aliphatic hydroxyl groups is 1. The van der Waals surface area contributed by atoms with E-state index >= 15 is 0 Å². The molecule has 0 saturated carbocycles. The molecule has 0 unspecified atom stereocenters. The lowest BCUT2D eigenvalue weighted by molar-refractivity contribution is 0.100. The highest BCUT2D eigenvalue weighted by molar-refractivity contribution is 5.39. The van der Waals surface area contributed by atoms with Crippen LogP contribution in [-0.2, 0) is 4.74 Å². The average Bonchev–Trinajstić information content (AvgIpc) is 2.41. The Morgan fingerprint density at radius 1 is 1.26 bits per heavy atom. The molecule has 0 fully saturated rings. The van der Waals surface area contributed by atoms with Crippen LogP contribution in [0.4, 0.5) is 4.39 Å². The third kappa shape index (κ3) is 6.23. The monoisotopic (exact) mass is 266 g/mol. The smallest absolute Gasteiger partial charge is 0.142 e. The maximum Gasteiger partial charge on any atom is 0.142 e. The lowest BCUT2D eigenvalue weighted by Crippen LogP contribution is -2.07. The lowest BCUT2D eigenvalue weighted by atomic mass is 10.2. The second-order valence-corrected chi connectivity index (χ2v) is 3.88. The predicted octanol–water partition coefficient (Wildman–Crippen LogP) is 2.37. The first-order valence-corrected chi connectivity index (χ1v) is 6.37. The van der Waals surface area contributed by atoms with Gasteiger partial charge in [-0.2, -0.15) is 0 Å². The van der Waals surface area contributed by atoms with E-state index in [9.17, 15) is 4.39 Å². The number of hydrogen-bond donors (Lipinski definition) is 1. The molecule has 0 spiro atoms. The van der Waals surface area contributed by atoms with Gasteiger partial charge in [0.05, 0.1) is 18.8 Å². The van der Waals surface area contributed by atoms with Crippen molar-refractivity contribution in [2.45, 2.75) is 19.8 Å². The Kier molecular flexibility index (Phi) is 7.64. The molecule has 0 atom stereocenters. The van der Waals surface area contributed by atoms with Gasteiger partial charge in [-0.1, -0.05) is 18.8 Å². The minimum absolute atomic E-state index is 0.0203. The van der Waals surface area contributed by atoms with Gasteiger partial charge in [-0.3, -0.25) is 0 Å². The minimum atomic E-state index is -0.419. The quantitative estimate of drug-likeness (QED) is 0.608. The summed E-state index contributed by atoms with van der Waals surface area (Å²) in [4.78, 5) is 0. The van der Waals surface area contributed by atoms with Crippen molar-refractivity contribution in [3.63, 3.8) is 0 Å². The SMILES string of the molecule is CCCOCCOc1ccc(C#CCCO)c(F)c1. The molecule has 0 aliphatic carbocycles. The first kappa shape index (κ1) is 15.5. The second-order valence-electron chi connectivity index (χ2n) is 3.88. The summed E-state index contributed by atoms with van der Waals surface area (Å²) in [5, 5.41) is 8.59. The number of benzene rings is 1. The summed E-state index contributed by atoms with van der Waals surface area (Å²) in [6.45, 7) is 3.61. The Labute approximate surface area is 113 Å². The molecule has 104 valence electrons. The summed E-state index contributed by atoms with van der Waals surface area (Å²) in [6.07, 6.45) is 1.31. The number of aliphatic hydroxyl groups excluding tert-OH is 1. The largest absolute Gasteiger partial charge is 0.491 e. The Balaban J connectivity index is 2.46. The van der Waals surface area contributed by atoms with E-state index in [-0.39, 0.29) is 6.61 Å². The fourth-order valence-electron chi connectivity index (χ4n) is 1.37. The van der Waals surface area contributed by atoms with E-state index in [1.807, 2.05) is 6.92 Å². The highest BCUT2D eigenvalue weighted by atomic mass is 19.1. The minimum Gasteiger partial charge on any atom is -0.491 e. The zero-order chi connectivity index (χ0) is 13.9. The van der Waals surface area contributed by atoms with Gasteiger partial charge in [0.2, 0.25) is 0 Å².